The lowest BCUT2D eigenvalue weighted by molar-refractivity contribution is 0.135. The zero-order valence-corrected chi connectivity index (χ0v) is 10.0. The first-order chi connectivity index (χ1) is 9.21. The first-order valence-corrected chi connectivity index (χ1v) is 5.91. The molecule has 0 saturated carbocycles. The average molecular weight is 253 g/mol. The van der Waals surface area contributed by atoms with Gasteiger partial charge in [-0.1, -0.05) is 48.5 Å². The van der Waals surface area contributed by atoms with E-state index in [1.54, 1.807) is 24.3 Å². The van der Waals surface area contributed by atoms with Gasteiger partial charge in [0.1, 0.15) is 5.50 Å². The van der Waals surface area contributed by atoms with Gasteiger partial charge in [0.2, 0.25) is 0 Å². The summed E-state index contributed by atoms with van der Waals surface area (Å²) in [6.45, 7) is 0. The molecule has 4 nitrogen and oxygen atoms in total. The molecule has 0 bridgehead atoms. The molecule has 0 unspecified atom stereocenters. The first-order valence-electron chi connectivity index (χ1n) is 5.91. The molecule has 19 heavy (non-hydrogen) atoms. The molecule has 93 valence electrons. The van der Waals surface area contributed by atoms with Crippen molar-refractivity contribution in [3.05, 3.63) is 59.7 Å². The highest BCUT2D eigenvalue weighted by Gasteiger charge is 2.52. The van der Waals surface area contributed by atoms with Crippen molar-refractivity contribution in [2.45, 2.75) is 5.50 Å². The molecule has 2 aromatic rings. The third-order valence-corrected chi connectivity index (χ3v) is 3.55. The summed E-state index contributed by atoms with van der Waals surface area (Å²) >= 11 is 0. The molecule has 0 fully saturated rings. The van der Waals surface area contributed by atoms with Gasteiger partial charge in [-0.25, -0.2) is 0 Å². The van der Waals surface area contributed by atoms with Crippen LogP contribution in [0.15, 0.2) is 48.5 Å². The molecule has 1 aliphatic rings. The van der Waals surface area contributed by atoms with E-state index in [1.165, 1.54) is 0 Å². The van der Waals surface area contributed by atoms with Crippen LogP contribution in [0, 0.1) is 0 Å². The second-order valence-electron chi connectivity index (χ2n) is 4.42. The van der Waals surface area contributed by atoms with E-state index in [-0.39, 0.29) is 0 Å². The van der Waals surface area contributed by atoms with Gasteiger partial charge in [-0.15, -0.1) is 0 Å². The minimum absolute atomic E-state index is 0.498. The van der Waals surface area contributed by atoms with Gasteiger partial charge in [-0.2, -0.15) is 0 Å². The Morgan fingerprint density at radius 1 is 0.895 bits per heavy atom. The summed E-state index contributed by atoms with van der Waals surface area (Å²) in [5.74, 6) is 0. The van der Waals surface area contributed by atoms with E-state index >= 15 is 0 Å². The Hall–Kier alpha value is -1.59. The van der Waals surface area contributed by atoms with Gasteiger partial charge >= 0.3 is 14.8 Å². The van der Waals surface area contributed by atoms with Crippen molar-refractivity contribution in [1.29, 1.82) is 0 Å². The van der Waals surface area contributed by atoms with Crippen LogP contribution in [0.4, 0.5) is 0 Å². The standard InChI is InChI=1S/C13H11B2O4/c16-14-19-13(15(17)18)11-7-3-1-5-9(11)10-6-2-4-8-12(10)13/h1-8,16-18H. The van der Waals surface area contributed by atoms with Gasteiger partial charge in [0.15, 0.2) is 0 Å². The van der Waals surface area contributed by atoms with Crippen LogP contribution in [0.2, 0.25) is 0 Å². The van der Waals surface area contributed by atoms with Crippen LogP contribution in [-0.4, -0.2) is 29.9 Å². The molecule has 0 amide bonds. The Bertz CT molecular complexity index is 570. The van der Waals surface area contributed by atoms with Crippen LogP contribution in [0.1, 0.15) is 11.1 Å². The van der Waals surface area contributed by atoms with Crippen LogP contribution >= 0.6 is 0 Å². The molecule has 0 heterocycles. The highest BCUT2D eigenvalue weighted by molar-refractivity contribution is 6.48. The maximum absolute atomic E-state index is 9.83. The van der Waals surface area contributed by atoms with Gasteiger partial charge in [0, 0.05) is 0 Å². The summed E-state index contributed by atoms with van der Waals surface area (Å²) in [6, 6.07) is 14.6. The van der Waals surface area contributed by atoms with E-state index in [2.05, 4.69) is 0 Å². The maximum Gasteiger partial charge on any atom is 0.494 e. The van der Waals surface area contributed by atoms with E-state index in [0.29, 0.717) is 18.8 Å². The molecule has 0 aromatic heterocycles. The number of benzene rings is 2. The van der Waals surface area contributed by atoms with Gasteiger partial charge in [-0.3, -0.25) is 0 Å². The Morgan fingerprint density at radius 2 is 1.37 bits per heavy atom. The van der Waals surface area contributed by atoms with Crippen LogP contribution < -0.4 is 0 Å². The zero-order valence-electron chi connectivity index (χ0n) is 10.0. The molecule has 6 heteroatoms. The van der Waals surface area contributed by atoms with Crippen LogP contribution in [0.5, 0.6) is 0 Å². The molecule has 2 aromatic carbocycles. The Labute approximate surface area is 111 Å². The quantitative estimate of drug-likeness (QED) is 0.695. The van der Waals surface area contributed by atoms with E-state index in [9.17, 15) is 10.0 Å². The molecule has 0 spiro atoms. The first kappa shape index (κ1) is 12.4. The van der Waals surface area contributed by atoms with Gasteiger partial charge in [0.25, 0.3) is 0 Å². The normalized spacial score (nSPS) is 14.7. The topological polar surface area (TPSA) is 69.9 Å². The van der Waals surface area contributed by atoms with Crippen LogP contribution in [-0.2, 0) is 10.2 Å². The van der Waals surface area contributed by atoms with Crippen LogP contribution in [0.3, 0.4) is 0 Å². The highest BCUT2D eigenvalue weighted by Crippen LogP contribution is 2.49. The summed E-state index contributed by atoms with van der Waals surface area (Å²) in [6.07, 6.45) is 0. The zero-order chi connectivity index (χ0) is 13.5. The fourth-order valence-corrected chi connectivity index (χ4v) is 2.78. The molecule has 3 N–H and O–H groups in total. The predicted molar refractivity (Wildman–Crippen MR) is 71.9 cm³/mol. The van der Waals surface area contributed by atoms with Crippen molar-refractivity contribution >= 4 is 14.8 Å². The maximum atomic E-state index is 9.83. The lowest BCUT2D eigenvalue weighted by atomic mass is 9.62. The fourth-order valence-electron chi connectivity index (χ4n) is 2.78. The van der Waals surface area contributed by atoms with Crippen molar-refractivity contribution < 1.29 is 19.7 Å². The minimum Gasteiger partial charge on any atom is -0.429 e. The number of fused-ring (bicyclic) bond motifs is 3. The smallest absolute Gasteiger partial charge is 0.429 e. The van der Waals surface area contributed by atoms with E-state index < -0.39 is 12.6 Å². The van der Waals surface area contributed by atoms with Crippen LogP contribution in [0.25, 0.3) is 11.1 Å². The lowest BCUT2D eigenvalue weighted by Crippen LogP contribution is -2.46. The second-order valence-corrected chi connectivity index (χ2v) is 4.42. The largest absolute Gasteiger partial charge is 0.494 e. The van der Waals surface area contributed by atoms with Crippen molar-refractivity contribution in [2.24, 2.45) is 0 Å². The molecule has 3 rings (SSSR count). The summed E-state index contributed by atoms with van der Waals surface area (Å²) < 4.78 is 5.24. The lowest BCUT2D eigenvalue weighted by Gasteiger charge is -2.30. The number of rotatable bonds is 3. The van der Waals surface area contributed by atoms with E-state index in [0.717, 1.165) is 11.1 Å². The van der Waals surface area contributed by atoms with E-state index in [1.807, 2.05) is 24.3 Å². The molecule has 0 aliphatic heterocycles. The minimum atomic E-state index is -1.79. The summed E-state index contributed by atoms with van der Waals surface area (Å²) in [5, 5.41) is 28.7. The molecule has 0 atom stereocenters. The molecule has 1 aliphatic carbocycles. The third-order valence-electron chi connectivity index (χ3n) is 3.55. The van der Waals surface area contributed by atoms with Crippen molar-refractivity contribution in [1.82, 2.24) is 0 Å². The number of hydrogen-bond acceptors (Lipinski definition) is 4. The summed E-state index contributed by atoms with van der Waals surface area (Å²) in [5.41, 5.74) is 1.50. The molecular formula is C13H11B2O4. The average Bonchev–Trinajstić information content (AvgIpc) is 2.72. The monoisotopic (exact) mass is 253 g/mol. The summed E-state index contributed by atoms with van der Waals surface area (Å²) in [4.78, 5) is 0. The van der Waals surface area contributed by atoms with Gasteiger partial charge in [0.05, 0.1) is 0 Å². The highest BCUT2D eigenvalue weighted by atomic mass is 16.5. The predicted octanol–water partition coefficient (Wildman–Crippen LogP) is 0.466. The number of hydrogen-bond donors (Lipinski definition) is 3. The third kappa shape index (κ3) is 1.58. The fraction of sp³-hybridized carbons (Fsp3) is 0.0769. The second kappa shape index (κ2) is 4.51. The van der Waals surface area contributed by atoms with Crippen molar-refractivity contribution in [3.63, 3.8) is 0 Å². The van der Waals surface area contributed by atoms with Crippen molar-refractivity contribution in [2.75, 3.05) is 0 Å². The van der Waals surface area contributed by atoms with Gasteiger partial charge in [-0.05, 0) is 22.3 Å². The molecule has 1 radical (unpaired) electrons. The van der Waals surface area contributed by atoms with E-state index in [4.69, 9.17) is 9.68 Å². The Balaban J connectivity index is 2.35. The molecule has 0 saturated heterocycles. The Morgan fingerprint density at radius 3 is 1.79 bits per heavy atom. The Kier molecular flexibility index (Phi) is 2.95. The summed E-state index contributed by atoms with van der Waals surface area (Å²) in [7, 11) is -1.29. The van der Waals surface area contributed by atoms with Crippen molar-refractivity contribution in [3.8, 4) is 11.1 Å². The van der Waals surface area contributed by atoms with Gasteiger partial charge < -0.3 is 19.7 Å². The SMILES string of the molecule is O[B]OC1(B(O)O)c2ccccc2-c2ccccc21. The molecular weight excluding hydrogens is 242 g/mol.